The highest BCUT2D eigenvalue weighted by Crippen LogP contribution is 2.06. The summed E-state index contributed by atoms with van der Waals surface area (Å²) >= 11 is 0. The van der Waals surface area contributed by atoms with Crippen LogP contribution in [0.5, 0.6) is 0 Å². The molecule has 0 aromatic heterocycles. The lowest BCUT2D eigenvalue weighted by molar-refractivity contribution is -0.125. The number of amides is 2. The van der Waals surface area contributed by atoms with Crippen LogP contribution in [0.4, 0.5) is 0 Å². The predicted molar refractivity (Wildman–Crippen MR) is 50.9 cm³/mol. The van der Waals surface area contributed by atoms with Crippen molar-refractivity contribution >= 4 is 11.8 Å². The van der Waals surface area contributed by atoms with E-state index in [1.165, 1.54) is 0 Å². The molecule has 0 spiro atoms. The highest BCUT2D eigenvalue weighted by Gasteiger charge is 2.12. The first kappa shape index (κ1) is 11.9. The summed E-state index contributed by atoms with van der Waals surface area (Å²) in [5.74, 6) is -0.302. The zero-order chi connectivity index (χ0) is 10.3. The molecule has 0 rings (SSSR count). The molecule has 0 fully saturated rings. The lowest BCUT2D eigenvalue weighted by Crippen LogP contribution is -2.32. The van der Waals surface area contributed by atoms with Crippen LogP contribution in [0.2, 0.25) is 0 Å². The third-order valence-electron chi connectivity index (χ3n) is 2.03. The van der Waals surface area contributed by atoms with E-state index in [9.17, 15) is 9.59 Å². The molecule has 4 heteroatoms. The Morgan fingerprint density at radius 2 is 1.85 bits per heavy atom. The van der Waals surface area contributed by atoms with Crippen LogP contribution >= 0.6 is 0 Å². The fraction of sp³-hybridized carbons (Fsp3) is 0.778. The van der Waals surface area contributed by atoms with Crippen molar-refractivity contribution in [1.82, 2.24) is 5.32 Å². The SMILES string of the molecule is CCC(CC)C(=O)NCCC(N)=O. The Bertz CT molecular complexity index is 176. The number of hydrogen-bond donors (Lipinski definition) is 2. The van der Waals surface area contributed by atoms with Crippen LogP contribution in [0, 0.1) is 5.92 Å². The Kier molecular flexibility index (Phi) is 5.93. The Balaban J connectivity index is 3.66. The molecule has 13 heavy (non-hydrogen) atoms. The predicted octanol–water partition coefficient (Wildman–Crippen LogP) is 0.414. The summed E-state index contributed by atoms with van der Waals surface area (Å²) in [4.78, 5) is 21.7. The molecule has 0 aliphatic rings. The van der Waals surface area contributed by atoms with E-state index in [2.05, 4.69) is 5.32 Å². The van der Waals surface area contributed by atoms with Gasteiger partial charge < -0.3 is 11.1 Å². The zero-order valence-electron chi connectivity index (χ0n) is 8.30. The average molecular weight is 186 g/mol. The van der Waals surface area contributed by atoms with Gasteiger partial charge in [-0.3, -0.25) is 9.59 Å². The molecule has 0 aromatic rings. The van der Waals surface area contributed by atoms with Crippen LogP contribution in [0.1, 0.15) is 33.1 Å². The third kappa shape index (κ3) is 5.22. The Morgan fingerprint density at radius 3 is 2.23 bits per heavy atom. The molecule has 0 saturated heterocycles. The van der Waals surface area contributed by atoms with Crippen LogP contribution in [0.3, 0.4) is 0 Å². The second kappa shape index (κ2) is 6.46. The van der Waals surface area contributed by atoms with Crippen LogP contribution < -0.4 is 11.1 Å². The van der Waals surface area contributed by atoms with Gasteiger partial charge in [-0.25, -0.2) is 0 Å². The van der Waals surface area contributed by atoms with E-state index in [4.69, 9.17) is 5.73 Å². The van der Waals surface area contributed by atoms with Crippen molar-refractivity contribution in [2.24, 2.45) is 11.7 Å². The summed E-state index contributed by atoms with van der Waals surface area (Å²) in [6.45, 7) is 4.30. The van der Waals surface area contributed by atoms with Gasteiger partial charge in [-0.05, 0) is 12.8 Å². The number of carbonyl (C=O) groups excluding carboxylic acids is 2. The summed E-state index contributed by atoms with van der Waals surface area (Å²) in [6, 6.07) is 0. The molecule has 4 nitrogen and oxygen atoms in total. The molecule has 0 heterocycles. The van der Waals surface area contributed by atoms with E-state index in [1.54, 1.807) is 0 Å². The molecule has 0 radical (unpaired) electrons. The van der Waals surface area contributed by atoms with Gasteiger partial charge in [-0.2, -0.15) is 0 Å². The highest BCUT2D eigenvalue weighted by atomic mass is 16.2. The molecule has 0 saturated carbocycles. The van der Waals surface area contributed by atoms with Crippen LogP contribution in [0.25, 0.3) is 0 Å². The number of nitrogens with one attached hydrogen (secondary N) is 1. The van der Waals surface area contributed by atoms with Crippen LogP contribution in [0.15, 0.2) is 0 Å². The summed E-state index contributed by atoms with van der Waals surface area (Å²) in [6.07, 6.45) is 1.88. The monoisotopic (exact) mass is 186 g/mol. The van der Waals surface area contributed by atoms with Gasteiger partial charge in [0.05, 0.1) is 0 Å². The van der Waals surface area contributed by atoms with Gasteiger partial charge in [0, 0.05) is 18.9 Å². The maximum atomic E-state index is 11.3. The Hall–Kier alpha value is -1.06. The van der Waals surface area contributed by atoms with E-state index in [1.807, 2.05) is 13.8 Å². The van der Waals surface area contributed by atoms with Crippen molar-refractivity contribution in [3.63, 3.8) is 0 Å². The summed E-state index contributed by atoms with van der Waals surface area (Å²) in [5, 5.41) is 2.68. The van der Waals surface area contributed by atoms with E-state index < -0.39 is 0 Å². The minimum Gasteiger partial charge on any atom is -0.370 e. The van der Waals surface area contributed by atoms with Crippen molar-refractivity contribution in [3.8, 4) is 0 Å². The molecule has 0 bridgehead atoms. The third-order valence-corrected chi connectivity index (χ3v) is 2.03. The minimum absolute atomic E-state index is 0.0197. The topological polar surface area (TPSA) is 72.2 Å². The number of primary amides is 1. The summed E-state index contributed by atoms with van der Waals surface area (Å²) in [7, 11) is 0. The second-order valence-corrected chi connectivity index (χ2v) is 3.02. The van der Waals surface area contributed by atoms with Crippen LogP contribution in [-0.4, -0.2) is 18.4 Å². The second-order valence-electron chi connectivity index (χ2n) is 3.02. The summed E-state index contributed by atoms with van der Waals surface area (Å²) < 4.78 is 0. The van der Waals surface area contributed by atoms with Crippen molar-refractivity contribution < 1.29 is 9.59 Å². The molecule has 2 amide bonds. The molecular weight excluding hydrogens is 168 g/mol. The fourth-order valence-electron chi connectivity index (χ4n) is 1.11. The number of carbonyl (C=O) groups is 2. The smallest absolute Gasteiger partial charge is 0.223 e. The molecule has 0 atom stereocenters. The average Bonchev–Trinajstić information content (AvgIpc) is 2.05. The van der Waals surface area contributed by atoms with Gasteiger partial charge in [-0.1, -0.05) is 13.8 Å². The Labute approximate surface area is 78.9 Å². The number of nitrogens with two attached hydrogens (primary N) is 1. The lowest BCUT2D eigenvalue weighted by atomic mass is 10.0. The first-order chi connectivity index (χ1) is 6.11. The van der Waals surface area contributed by atoms with E-state index in [-0.39, 0.29) is 24.2 Å². The van der Waals surface area contributed by atoms with Gasteiger partial charge in [-0.15, -0.1) is 0 Å². The maximum Gasteiger partial charge on any atom is 0.223 e. The largest absolute Gasteiger partial charge is 0.370 e. The van der Waals surface area contributed by atoms with Crippen molar-refractivity contribution in [1.29, 1.82) is 0 Å². The molecule has 0 aliphatic heterocycles. The lowest BCUT2D eigenvalue weighted by Gasteiger charge is -2.11. The maximum absolute atomic E-state index is 11.3. The Morgan fingerprint density at radius 1 is 1.31 bits per heavy atom. The standard InChI is InChI=1S/C9H18N2O2/c1-3-7(4-2)9(13)11-6-5-8(10)12/h7H,3-6H2,1-2H3,(H2,10,12)(H,11,13). The zero-order valence-corrected chi connectivity index (χ0v) is 8.30. The number of hydrogen-bond acceptors (Lipinski definition) is 2. The molecule has 76 valence electrons. The van der Waals surface area contributed by atoms with E-state index >= 15 is 0 Å². The van der Waals surface area contributed by atoms with E-state index in [0.29, 0.717) is 6.54 Å². The quantitative estimate of drug-likeness (QED) is 0.630. The highest BCUT2D eigenvalue weighted by molar-refractivity contribution is 5.79. The first-order valence-corrected chi connectivity index (χ1v) is 4.67. The van der Waals surface area contributed by atoms with Gasteiger partial charge in [0.25, 0.3) is 0 Å². The van der Waals surface area contributed by atoms with Crippen molar-refractivity contribution in [3.05, 3.63) is 0 Å². The van der Waals surface area contributed by atoms with Crippen LogP contribution in [-0.2, 0) is 9.59 Å². The molecular formula is C9H18N2O2. The number of rotatable bonds is 6. The summed E-state index contributed by atoms with van der Waals surface area (Å²) in [5.41, 5.74) is 4.93. The molecule has 0 aliphatic carbocycles. The molecule has 0 aromatic carbocycles. The van der Waals surface area contributed by atoms with E-state index in [0.717, 1.165) is 12.8 Å². The minimum atomic E-state index is -0.384. The molecule has 3 N–H and O–H groups in total. The normalized spacial score (nSPS) is 10.1. The van der Waals surface area contributed by atoms with Gasteiger partial charge in [0.1, 0.15) is 0 Å². The van der Waals surface area contributed by atoms with Gasteiger partial charge in [0.15, 0.2) is 0 Å². The van der Waals surface area contributed by atoms with Crippen molar-refractivity contribution in [2.75, 3.05) is 6.54 Å². The first-order valence-electron chi connectivity index (χ1n) is 4.67. The molecule has 0 unspecified atom stereocenters. The van der Waals surface area contributed by atoms with Gasteiger partial charge in [0.2, 0.25) is 11.8 Å². The van der Waals surface area contributed by atoms with Gasteiger partial charge >= 0.3 is 0 Å². The fourth-order valence-corrected chi connectivity index (χ4v) is 1.11. The van der Waals surface area contributed by atoms with Crippen molar-refractivity contribution in [2.45, 2.75) is 33.1 Å².